The molecule has 1 aromatic rings. The molecule has 0 fully saturated rings. The summed E-state index contributed by atoms with van der Waals surface area (Å²) in [6.45, 7) is 0. The SMILES string of the molecule is COC(=O)c1cc(C(=O)O)n(C)n1.Cl. The zero-order valence-corrected chi connectivity index (χ0v) is 8.37. The van der Waals surface area contributed by atoms with Crippen molar-refractivity contribution in [2.75, 3.05) is 7.11 Å². The van der Waals surface area contributed by atoms with Gasteiger partial charge in [0.1, 0.15) is 5.69 Å². The first-order valence-corrected chi connectivity index (χ1v) is 3.42. The molecule has 0 saturated heterocycles. The smallest absolute Gasteiger partial charge is 0.358 e. The minimum Gasteiger partial charge on any atom is -0.477 e. The highest BCUT2D eigenvalue weighted by Crippen LogP contribution is 2.03. The van der Waals surface area contributed by atoms with E-state index in [2.05, 4.69) is 9.84 Å². The van der Waals surface area contributed by atoms with Crippen molar-refractivity contribution >= 4 is 24.3 Å². The Labute approximate surface area is 85.9 Å². The van der Waals surface area contributed by atoms with Gasteiger partial charge in [0.2, 0.25) is 0 Å². The van der Waals surface area contributed by atoms with E-state index in [-0.39, 0.29) is 23.8 Å². The van der Waals surface area contributed by atoms with Gasteiger partial charge in [-0.05, 0) is 0 Å². The van der Waals surface area contributed by atoms with Crippen LogP contribution in [0.2, 0.25) is 0 Å². The molecule has 0 bridgehead atoms. The Kier molecular flexibility index (Phi) is 4.10. The third-order valence-electron chi connectivity index (χ3n) is 1.49. The molecule has 0 saturated carbocycles. The van der Waals surface area contributed by atoms with Crippen LogP contribution in [0.1, 0.15) is 21.0 Å². The molecule has 0 aliphatic carbocycles. The fraction of sp³-hybridized carbons (Fsp3) is 0.286. The average molecular weight is 221 g/mol. The van der Waals surface area contributed by atoms with E-state index >= 15 is 0 Å². The summed E-state index contributed by atoms with van der Waals surface area (Å²) in [5.74, 6) is -1.78. The molecular weight excluding hydrogens is 212 g/mol. The molecule has 0 aliphatic heterocycles. The number of halogens is 1. The lowest BCUT2D eigenvalue weighted by Gasteiger charge is -1.91. The van der Waals surface area contributed by atoms with E-state index in [1.54, 1.807) is 0 Å². The largest absolute Gasteiger partial charge is 0.477 e. The van der Waals surface area contributed by atoms with E-state index in [1.807, 2.05) is 0 Å². The van der Waals surface area contributed by atoms with Crippen LogP contribution in [0.25, 0.3) is 0 Å². The number of nitrogens with zero attached hydrogens (tertiary/aromatic N) is 2. The standard InChI is InChI=1S/C7H8N2O4.ClH/c1-9-5(6(10)11)3-4(8-9)7(12)13-2;/h3H,1-2H3,(H,10,11);1H. The summed E-state index contributed by atoms with van der Waals surface area (Å²) in [5.41, 5.74) is -0.0669. The third-order valence-corrected chi connectivity index (χ3v) is 1.49. The summed E-state index contributed by atoms with van der Waals surface area (Å²) in [6.07, 6.45) is 0. The highest BCUT2D eigenvalue weighted by molar-refractivity contribution is 5.92. The lowest BCUT2D eigenvalue weighted by atomic mass is 10.3. The van der Waals surface area contributed by atoms with Crippen LogP contribution in [0, 0.1) is 0 Å². The molecule has 0 radical (unpaired) electrons. The summed E-state index contributed by atoms with van der Waals surface area (Å²) in [7, 11) is 2.65. The van der Waals surface area contributed by atoms with E-state index in [0.717, 1.165) is 10.7 Å². The fourth-order valence-electron chi connectivity index (χ4n) is 0.872. The molecule has 1 heterocycles. The van der Waals surface area contributed by atoms with Gasteiger partial charge in [-0.3, -0.25) is 4.68 Å². The number of methoxy groups -OCH3 is 1. The first kappa shape index (κ1) is 12.4. The van der Waals surface area contributed by atoms with Gasteiger partial charge in [0.15, 0.2) is 5.69 Å². The molecule has 1 N–H and O–H groups in total. The number of hydrogen-bond acceptors (Lipinski definition) is 4. The van der Waals surface area contributed by atoms with Crippen molar-refractivity contribution in [2.24, 2.45) is 7.05 Å². The number of aryl methyl sites for hydroxylation is 1. The van der Waals surface area contributed by atoms with Gasteiger partial charge in [-0.15, -0.1) is 12.4 Å². The molecule has 0 unspecified atom stereocenters. The van der Waals surface area contributed by atoms with Crippen LogP contribution in [0.15, 0.2) is 6.07 Å². The van der Waals surface area contributed by atoms with Crippen molar-refractivity contribution in [3.8, 4) is 0 Å². The maximum absolute atomic E-state index is 10.9. The Morgan fingerprint density at radius 3 is 2.50 bits per heavy atom. The van der Waals surface area contributed by atoms with Crippen LogP contribution in [0.4, 0.5) is 0 Å². The van der Waals surface area contributed by atoms with Crippen molar-refractivity contribution in [2.45, 2.75) is 0 Å². The summed E-state index contributed by atoms with van der Waals surface area (Å²) in [4.78, 5) is 21.4. The fourth-order valence-corrected chi connectivity index (χ4v) is 0.872. The van der Waals surface area contributed by atoms with Gasteiger partial charge < -0.3 is 9.84 Å². The predicted octanol–water partition coefficient (Wildman–Crippen LogP) is 0.327. The van der Waals surface area contributed by atoms with E-state index in [9.17, 15) is 9.59 Å². The zero-order valence-electron chi connectivity index (χ0n) is 7.55. The Morgan fingerprint density at radius 2 is 2.14 bits per heavy atom. The number of carboxylic acids is 1. The minimum absolute atomic E-state index is 0. The highest BCUT2D eigenvalue weighted by Gasteiger charge is 2.16. The molecule has 14 heavy (non-hydrogen) atoms. The molecule has 0 amide bonds. The number of carbonyl (C=O) groups is 2. The Morgan fingerprint density at radius 1 is 1.57 bits per heavy atom. The van der Waals surface area contributed by atoms with Crippen LogP contribution in [0.3, 0.4) is 0 Å². The second-order valence-electron chi connectivity index (χ2n) is 2.34. The van der Waals surface area contributed by atoms with Crippen molar-refractivity contribution in [3.05, 3.63) is 17.5 Å². The van der Waals surface area contributed by atoms with Crippen molar-refractivity contribution in [1.82, 2.24) is 9.78 Å². The Balaban J connectivity index is 0.00000169. The normalized spacial score (nSPS) is 9.00. The van der Waals surface area contributed by atoms with Gasteiger partial charge in [0.25, 0.3) is 0 Å². The van der Waals surface area contributed by atoms with Crippen molar-refractivity contribution < 1.29 is 19.4 Å². The number of aromatic carboxylic acids is 1. The molecule has 1 aromatic heterocycles. The first-order chi connectivity index (χ1) is 6.06. The van der Waals surface area contributed by atoms with E-state index in [4.69, 9.17) is 5.11 Å². The van der Waals surface area contributed by atoms with Crippen molar-refractivity contribution in [3.63, 3.8) is 0 Å². The number of carboxylic acid groups (broad SMARTS) is 1. The highest BCUT2D eigenvalue weighted by atomic mass is 35.5. The number of carbonyl (C=O) groups excluding carboxylic acids is 1. The third kappa shape index (κ3) is 2.23. The number of esters is 1. The van der Waals surface area contributed by atoms with Gasteiger partial charge in [-0.25, -0.2) is 9.59 Å². The zero-order chi connectivity index (χ0) is 10.0. The molecule has 0 aromatic carbocycles. The number of ether oxygens (including phenoxy) is 1. The second kappa shape index (κ2) is 4.61. The monoisotopic (exact) mass is 220 g/mol. The molecule has 6 nitrogen and oxygen atoms in total. The van der Waals surface area contributed by atoms with Gasteiger partial charge >= 0.3 is 11.9 Å². The van der Waals surface area contributed by atoms with Gasteiger partial charge in [-0.2, -0.15) is 5.10 Å². The average Bonchev–Trinajstić information content (AvgIpc) is 2.46. The molecule has 0 spiro atoms. The maximum atomic E-state index is 10.9. The maximum Gasteiger partial charge on any atom is 0.358 e. The van der Waals surface area contributed by atoms with Crippen LogP contribution in [-0.2, 0) is 11.8 Å². The summed E-state index contributed by atoms with van der Waals surface area (Å²) in [5, 5.41) is 12.3. The topological polar surface area (TPSA) is 81.4 Å². The Bertz CT molecular complexity index is 361. The van der Waals surface area contributed by atoms with Gasteiger partial charge in [0, 0.05) is 13.1 Å². The minimum atomic E-state index is -1.13. The van der Waals surface area contributed by atoms with Crippen LogP contribution < -0.4 is 0 Å². The van der Waals surface area contributed by atoms with Crippen molar-refractivity contribution in [1.29, 1.82) is 0 Å². The van der Waals surface area contributed by atoms with Crippen LogP contribution in [-0.4, -0.2) is 33.9 Å². The number of aromatic nitrogens is 2. The quantitative estimate of drug-likeness (QED) is 0.727. The summed E-state index contributed by atoms with van der Waals surface area (Å²) >= 11 is 0. The van der Waals surface area contributed by atoms with Gasteiger partial charge in [-0.1, -0.05) is 0 Å². The van der Waals surface area contributed by atoms with E-state index in [1.165, 1.54) is 14.2 Å². The number of rotatable bonds is 2. The van der Waals surface area contributed by atoms with E-state index in [0.29, 0.717) is 0 Å². The second-order valence-corrected chi connectivity index (χ2v) is 2.34. The molecule has 0 aliphatic rings. The summed E-state index contributed by atoms with van der Waals surface area (Å²) < 4.78 is 5.48. The molecule has 7 heteroatoms. The summed E-state index contributed by atoms with van der Waals surface area (Å²) in [6, 6.07) is 1.16. The van der Waals surface area contributed by atoms with Gasteiger partial charge in [0.05, 0.1) is 7.11 Å². The molecular formula is C7H9ClN2O4. The lowest BCUT2D eigenvalue weighted by molar-refractivity contribution is 0.0592. The van der Waals surface area contributed by atoms with Crippen LogP contribution in [0.5, 0.6) is 0 Å². The molecule has 78 valence electrons. The predicted molar refractivity (Wildman–Crippen MR) is 48.8 cm³/mol. The molecule has 1 rings (SSSR count). The Hall–Kier alpha value is -1.56. The molecule has 0 atom stereocenters. The number of hydrogen-bond donors (Lipinski definition) is 1. The van der Waals surface area contributed by atoms with Crippen LogP contribution >= 0.6 is 12.4 Å². The first-order valence-electron chi connectivity index (χ1n) is 3.42. The van der Waals surface area contributed by atoms with E-state index < -0.39 is 11.9 Å². The lowest BCUT2D eigenvalue weighted by Crippen LogP contribution is -2.05.